The largest absolute Gasteiger partial charge is 0.508 e. The highest BCUT2D eigenvalue weighted by atomic mass is 16.4. The Balaban J connectivity index is 0.000000149. The van der Waals surface area contributed by atoms with Crippen molar-refractivity contribution in [3.8, 4) is 57.5 Å². The van der Waals surface area contributed by atoms with Gasteiger partial charge in [0.05, 0.1) is 33.4 Å². The Kier molecular flexibility index (Phi) is 25.9. The second-order valence-electron chi connectivity index (χ2n) is 24.3. The van der Waals surface area contributed by atoms with Gasteiger partial charge in [0.25, 0.3) is 0 Å². The Labute approximate surface area is 642 Å². The van der Waals surface area contributed by atoms with Crippen LogP contribution in [0.3, 0.4) is 0 Å². The summed E-state index contributed by atoms with van der Waals surface area (Å²) in [4.78, 5) is 86.9. The first-order valence-electron chi connectivity index (χ1n) is 33.4. The van der Waals surface area contributed by atoms with E-state index in [4.69, 9.17) is 40.9 Å². The summed E-state index contributed by atoms with van der Waals surface area (Å²) >= 11 is 0. The second kappa shape index (κ2) is 36.3. The number of hydrogen-bond acceptors (Lipinski definition) is 18. The Bertz CT molecular complexity index is 6240. The maximum absolute atomic E-state index is 10.9. The number of carboxylic acids is 8. The van der Waals surface area contributed by atoms with E-state index in [-0.39, 0.29) is 84.8 Å². The molecular formula is C88H64O26. The van der Waals surface area contributed by atoms with Crippen LogP contribution in [0.2, 0.25) is 0 Å². The summed E-state index contributed by atoms with van der Waals surface area (Å²) in [5.74, 6) is -9.41. The SMILES string of the molecule is O=C(O)c1c(O)c(O)cc2ccccc12.O=C(O)c1c(O)cc(O)c2ccccc12.O=C(O)c1ccc(O)c2ccccc12.O=C(O)c1cccc2c(O)cccc12.O=C(O)c1cccc2cc(O)ccc12.O=C(O)c1cccc2cc(O)ccc12.O=C(O)c1cccc2ccc(O)cc12.O=C(O)c1cccc2cccc(O)c12. The molecular weight excluding hydrogens is 1470 g/mol. The van der Waals surface area contributed by atoms with E-state index in [1.807, 2.05) is 0 Å². The van der Waals surface area contributed by atoms with Crippen LogP contribution in [0.1, 0.15) is 82.9 Å². The number of benzene rings is 16. The molecule has 0 radical (unpaired) electrons. The van der Waals surface area contributed by atoms with E-state index in [9.17, 15) is 89.4 Å². The second-order valence-corrected chi connectivity index (χ2v) is 24.3. The lowest BCUT2D eigenvalue weighted by Gasteiger charge is -2.06. The van der Waals surface area contributed by atoms with Crippen LogP contribution < -0.4 is 0 Å². The van der Waals surface area contributed by atoms with Crippen molar-refractivity contribution in [1.29, 1.82) is 0 Å². The highest BCUT2D eigenvalue weighted by Gasteiger charge is 2.20. The maximum atomic E-state index is 10.9. The van der Waals surface area contributed by atoms with Gasteiger partial charge in [0.2, 0.25) is 0 Å². The summed E-state index contributed by atoms with van der Waals surface area (Å²) in [6, 6.07) is 73.5. The third-order valence-corrected chi connectivity index (χ3v) is 17.1. The van der Waals surface area contributed by atoms with Gasteiger partial charge in [-0.2, -0.15) is 0 Å². The summed E-state index contributed by atoms with van der Waals surface area (Å²) in [6.07, 6.45) is 0. The van der Waals surface area contributed by atoms with Crippen LogP contribution in [-0.4, -0.2) is 140 Å². The number of carboxylic acid groups (broad SMARTS) is 8. The predicted octanol–water partition coefficient (Wildman–Crippen LogP) is 17.4. The number of phenolic OH excluding ortho intramolecular Hbond substituents is 8. The minimum atomic E-state index is -1.26. The Morgan fingerprint density at radius 3 is 1.02 bits per heavy atom. The maximum Gasteiger partial charge on any atom is 0.340 e. The van der Waals surface area contributed by atoms with Crippen molar-refractivity contribution in [3.05, 3.63) is 324 Å². The topological polar surface area (TPSA) is 501 Å². The van der Waals surface area contributed by atoms with Crippen LogP contribution in [0.5, 0.6) is 57.5 Å². The molecule has 0 spiro atoms. The molecule has 18 N–H and O–H groups in total. The molecule has 0 saturated carbocycles. The van der Waals surface area contributed by atoms with Crippen molar-refractivity contribution in [2.75, 3.05) is 0 Å². The van der Waals surface area contributed by atoms with Crippen molar-refractivity contribution in [1.82, 2.24) is 0 Å². The first kappa shape index (κ1) is 81.4. The van der Waals surface area contributed by atoms with Crippen LogP contribution in [0.15, 0.2) is 279 Å². The molecule has 0 fully saturated rings. The van der Waals surface area contributed by atoms with E-state index in [1.165, 1.54) is 78.9 Å². The Morgan fingerprint density at radius 1 is 0.175 bits per heavy atom. The molecule has 114 heavy (non-hydrogen) atoms. The van der Waals surface area contributed by atoms with Gasteiger partial charge in [-0.3, -0.25) is 0 Å². The van der Waals surface area contributed by atoms with Crippen molar-refractivity contribution in [2.45, 2.75) is 0 Å². The minimum absolute atomic E-state index is 0.000463. The molecule has 16 aromatic carbocycles. The number of fused-ring (bicyclic) bond motifs is 8. The van der Waals surface area contributed by atoms with E-state index < -0.39 is 65.0 Å². The molecule has 0 aliphatic carbocycles. The average molecular weight is 1540 g/mol. The fourth-order valence-electron chi connectivity index (χ4n) is 11.9. The fourth-order valence-corrected chi connectivity index (χ4v) is 11.9. The first-order valence-corrected chi connectivity index (χ1v) is 33.4. The molecule has 16 rings (SSSR count). The molecule has 0 unspecified atom stereocenters. The molecule has 26 heteroatoms. The molecule has 0 saturated heterocycles. The zero-order valence-corrected chi connectivity index (χ0v) is 58.9. The average Bonchev–Trinajstić information content (AvgIpc) is 0.788. The van der Waals surface area contributed by atoms with E-state index in [2.05, 4.69) is 0 Å². The van der Waals surface area contributed by atoms with Crippen molar-refractivity contribution in [3.63, 3.8) is 0 Å². The van der Waals surface area contributed by atoms with Crippen LogP contribution in [0, 0.1) is 0 Å². The molecule has 0 atom stereocenters. The molecule has 0 bridgehead atoms. The van der Waals surface area contributed by atoms with Gasteiger partial charge in [0.15, 0.2) is 11.5 Å². The van der Waals surface area contributed by atoms with Gasteiger partial charge in [-0.1, -0.05) is 164 Å². The zero-order chi connectivity index (χ0) is 82.8. The Morgan fingerprint density at radius 2 is 0.509 bits per heavy atom. The summed E-state index contributed by atoms with van der Waals surface area (Å²) in [5, 5.41) is 174. The number of hydrogen-bond donors (Lipinski definition) is 18. The van der Waals surface area contributed by atoms with E-state index >= 15 is 0 Å². The van der Waals surface area contributed by atoms with Crippen molar-refractivity contribution < 1.29 is 130 Å². The van der Waals surface area contributed by atoms with Crippen LogP contribution in [0.4, 0.5) is 0 Å². The quantitative estimate of drug-likeness (QED) is 0.0628. The molecule has 0 aromatic heterocycles. The van der Waals surface area contributed by atoms with Gasteiger partial charge in [-0.05, 0) is 163 Å². The highest BCUT2D eigenvalue weighted by Crippen LogP contribution is 2.38. The standard InChI is InChI=1S/2C11H8O4.6C11H8O3/c12-8-5-9(13)10(11(14)15)7-4-2-1-3-6(7)8;12-8-5-6-3-1-2-4-7(6)9(10(8)13)11(14)15;12-10-6-2-3-7-8(10)4-1-5-9(7)11(13)14;12-9-6-2-4-7-3-1-5-8(10(7)9)11(13)14;2*12-8-4-5-9-7(6-8)2-1-3-10(9)11(13)14;12-8-5-4-7-2-1-3-9(11(13)14)10(7)6-8;12-10-6-5-9(11(13)14)7-3-1-2-4-8(7)10/h2*1-5,12-13H,(H,14,15);6*1-6,12H,(H,13,14). The highest BCUT2D eigenvalue weighted by molar-refractivity contribution is 6.12. The van der Waals surface area contributed by atoms with Crippen LogP contribution >= 0.6 is 0 Å². The number of aromatic carboxylic acids is 8. The lowest BCUT2D eigenvalue weighted by molar-refractivity contribution is 0.0684. The lowest BCUT2D eigenvalue weighted by atomic mass is 10.0. The molecule has 0 heterocycles. The summed E-state index contributed by atoms with van der Waals surface area (Å²) in [5.41, 5.74) is 0.787. The smallest absolute Gasteiger partial charge is 0.340 e. The third kappa shape index (κ3) is 19.2. The molecule has 572 valence electrons. The molecule has 0 amide bonds. The zero-order valence-electron chi connectivity index (χ0n) is 58.9. The number of aromatic hydroxyl groups is 10. The minimum Gasteiger partial charge on any atom is -0.508 e. The normalized spacial score (nSPS) is 10.3. The lowest BCUT2D eigenvalue weighted by Crippen LogP contribution is -1.98. The van der Waals surface area contributed by atoms with Gasteiger partial charge in [0, 0.05) is 38.4 Å². The monoisotopic (exact) mass is 1540 g/mol. The number of rotatable bonds is 8. The first-order chi connectivity index (χ1) is 54.4. The van der Waals surface area contributed by atoms with Gasteiger partial charge in [-0.25, -0.2) is 38.4 Å². The van der Waals surface area contributed by atoms with Gasteiger partial charge in [0.1, 0.15) is 57.1 Å². The number of carbonyl (C=O) groups is 8. The fraction of sp³-hybridized carbons (Fsp3) is 0. The van der Waals surface area contributed by atoms with Gasteiger partial charge < -0.3 is 91.9 Å². The van der Waals surface area contributed by atoms with E-state index in [1.54, 1.807) is 194 Å². The van der Waals surface area contributed by atoms with E-state index in [0.29, 0.717) is 64.6 Å². The van der Waals surface area contributed by atoms with Crippen LogP contribution in [-0.2, 0) is 0 Å². The summed E-state index contributed by atoms with van der Waals surface area (Å²) < 4.78 is 0. The third-order valence-electron chi connectivity index (χ3n) is 17.1. The molecule has 0 aliphatic heterocycles. The summed E-state index contributed by atoms with van der Waals surface area (Å²) in [6.45, 7) is 0. The van der Waals surface area contributed by atoms with Crippen molar-refractivity contribution in [2.24, 2.45) is 0 Å². The predicted molar refractivity (Wildman–Crippen MR) is 424 cm³/mol. The van der Waals surface area contributed by atoms with Gasteiger partial charge in [-0.15, -0.1) is 0 Å². The molecule has 0 aliphatic rings. The van der Waals surface area contributed by atoms with Crippen LogP contribution in [0.25, 0.3) is 86.2 Å². The number of phenols is 10. The van der Waals surface area contributed by atoms with Gasteiger partial charge >= 0.3 is 47.8 Å². The van der Waals surface area contributed by atoms with Crippen molar-refractivity contribution >= 4 is 134 Å². The molecule has 16 aromatic rings. The summed E-state index contributed by atoms with van der Waals surface area (Å²) in [7, 11) is 0. The Hall–Kier alpha value is -16.6. The van der Waals surface area contributed by atoms with E-state index in [0.717, 1.165) is 27.6 Å². The molecule has 26 nitrogen and oxygen atoms in total.